The summed E-state index contributed by atoms with van der Waals surface area (Å²) in [4.78, 5) is 22.2. The molecule has 0 aliphatic carbocycles. The van der Waals surface area contributed by atoms with Crippen LogP contribution in [0.5, 0.6) is 0 Å². The first kappa shape index (κ1) is 16.7. The van der Waals surface area contributed by atoms with Gasteiger partial charge >= 0.3 is 5.97 Å². The maximum Gasteiger partial charge on any atom is 0.303 e. The number of rotatable bonds is 6. The standard InChI is InChI=1S/C17H21N3O3/c1-11-10-12(2)20(19-11)15-6-4-14(5-7-15)13(3)18-16(21)8-9-17(22)23/h4-7,10,13H,8-9H2,1-3H3,(H,18,21)(H,22,23). The Labute approximate surface area is 135 Å². The van der Waals surface area contributed by atoms with Gasteiger partial charge in [0, 0.05) is 12.1 Å². The highest BCUT2D eigenvalue weighted by atomic mass is 16.4. The zero-order valence-electron chi connectivity index (χ0n) is 13.5. The van der Waals surface area contributed by atoms with E-state index in [1.807, 2.05) is 55.8 Å². The molecule has 1 unspecified atom stereocenters. The second-order valence-corrected chi connectivity index (χ2v) is 5.61. The summed E-state index contributed by atoms with van der Waals surface area (Å²) < 4.78 is 1.87. The third-order valence-corrected chi connectivity index (χ3v) is 3.59. The number of carboxylic acids is 1. The van der Waals surface area contributed by atoms with Crippen molar-refractivity contribution >= 4 is 11.9 Å². The van der Waals surface area contributed by atoms with Crippen molar-refractivity contribution in [2.45, 2.75) is 39.7 Å². The van der Waals surface area contributed by atoms with Gasteiger partial charge in [-0.1, -0.05) is 12.1 Å². The Hall–Kier alpha value is -2.63. The molecule has 1 aromatic carbocycles. The molecule has 0 aliphatic heterocycles. The summed E-state index contributed by atoms with van der Waals surface area (Å²) in [6.07, 6.45) is -0.168. The van der Waals surface area contributed by atoms with Crippen molar-refractivity contribution in [1.82, 2.24) is 15.1 Å². The summed E-state index contributed by atoms with van der Waals surface area (Å²) in [5.74, 6) is -1.23. The number of hydrogen-bond donors (Lipinski definition) is 2. The van der Waals surface area contributed by atoms with E-state index in [0.29, 0.717) is 0 Å². The molecule has 2 rings (SSSR count). The molecule has 0 spiro atoms. The van der Waals surface area contributed by atoms with E-state index in [-0.39, 0.29) is 24.8 Å². The normalized spacial score (nSPS) is 12.0. The number of nitrogens with one attached hydrogen (secondary N) is 1. The van der Waals surface area contributed by atoms with Crippen molar-refractivity contribution in [1.29, 1.82) is 0 Å². The predicted molar refractivity (Wildman–Crippen MR) is 86.5 cm³/mol. The van der Waals surface area contributed by atoms with Gasteiger partial charge in [-0.3, -0.25) is 9.59 Å². The topological polar surface area (TPSA) is 84.2 Å². The minimum Gasteiger partial charge on any atom is -0.481 e. The highest BCUT2D eigenvalue weighted by Crippen LogP contribution is 2.17. The summed E-state index contributed by atoms with van der Waals surface area (Å²) in [5.41, 5.74) is 3.94. The summed E-state index contributed by atoms with van der Waals surface area (Å²) in [6.45, 7) is 5.82. The highest BCUT2D eigenvalue weighted by Gasteiger charge is 2.11. The molecular formula is C17H21N3O3. The van der Waals surface area contributed by atoms with Gasteiger partial charge in [0.15, 0.2) is 0 Å². The molecule has 1 amide bonds. The summed E-state index contributed by atoms with van der Waals surface area (Å²) in [5, 5.41) is 15.8. The van der Waals surface area contributed by atoms with Gasteiger partial charge in [0.1, 0.15) is 0 Å². The summed E-state index contributed by atoms with van der Waals surface area (Å²) in [6, 6.07) is 9.62. The van der Waals surface area contributed by atoms with Crippen molar-refractivity contribution in [2.75, 3.05) is 0 Å². The van der Waals surface area contributed by atoms with Crippen molar-refractivity contribution in [3.05, 3.63) is 47.3 Å². The fraction of sp³-hybridized carbons (Fsp3) is 0.353. The van der Waals surface area contributed by atoms with Gasteiger partial charge in [-0.05, 0) is 44.5 Å². The van der Waals surface area contributed by atoms with Crippen LogP contribution in [-0.4, -0.2) is 26.8 Å². The number of hydrogen-bond acceptors (Lipinski definition) is 3. The zero-order chi connectivity index (χ0) is 17.0. The first-order valence-electron chi connectivity index (χ1n) is 7.51. The number of carbonyl (C=O) groups is 2. The number of aromatic nitrogens is 2. The van der Waals surface area contributed by atoms with Gasteiger partial charge in [-0.15, -0.1) is 0 Å². The van der Waals surface area contributed by atoms with Crippen LogP contribution >= 0.6 is 0 Å². The van der Waals surface area contributed by atoms with Gasteiger partial charge in [0.05, 0.1) is 23.8 Å². The van der Waals surface area contributed by atoms with Crippen LogP contribution in [0.25, 0.3) is 5.69 Å². The van der Waals surface area contributed by atoms with Gasteiger partial charge in [0.2, 0.25) is 5.91 Å². The molecule has 2 aromatic rings. The number of benzene rings is 1. The first-order chi connectivity index (χ1) is 10.9. The average molecular weight is 315 g/mol. The maximum atomic E-state index is 11.7. The molecule has 1 atom stereocenters. The Morgan fingerprint density at radius 3 is 2.39 bits per heavy atom. The zero-order valence-corrected chi connectivity index (χ0v) is 13.5. The fourth-order valence-electron chi connectivity index (χ4n) is 2.41. The van der Waals surface area contributed by atoms with Crippen LogP contribution in [0.3, 0.4) is 0 Å². The highest BCUT2D eigenvalue weighted by molar-refractivity contribution is 5.80. The summed E-state index contributed by atoms with van der Waals surface area (Å²) >= 11 is 0. The molecular weight excluding hydrogens is 294 g/mol. The van der Waals surface area contributed by atoms with E-state index in [9.17, 15) is 9.59 Å². The Bertz CT molecular complexity index is 704. The molecule has 0 saturated carbocycles. The van der Waals surface area contributed by atoms with Crippen molar-refractivity contribution in [3.8, 4) is 5.69 Å². The van der Waals surface area contributed by atoms with Crippen LogP contribution in [0.2, 0.25) is 0 Å². The molecule has 6 heteroatoms. The Balaban J connectivity index is 2.03. The van der Waals surface area contributed by atoms with E-state index in [0.717, 1.165) is 22.6 Å². The van der Waals surface area contributed by atoms with Crippen LogP contribution in [-0.2, 0) is 9.59 Å². The molecule has 2 N–H and O–H groups in total. The molecule has 0 radical (unpaired) electrons. The minimum absolute atomic E-state index is 0.0104. The molecule has 0 saturated heterocycles. The monoisotopic (exact) mass is 315 g/mol. The van der Waals surface area contributed by atoms with Crippen LogP contribution in [0.15, 0.2) is 30.3 Å². The molecule has 0 fully saturated rings. The SMILES string of the molecule is Cc1cc(C)n(-c2ccc(C(C)NC(=O)CCC(=O)O)cc2)n1. The lowest BCUT2D eigenvalue weighted by Crippen LogP contribution is -2.26. The van der Waals surface area contributed by atoms with E-state index in [1.54, 1.807) is 0 Å². The quantitative estimate of drug-likeness (QED) is 0.858. The van der Waals surface area contributed by atoms with E-state index >= 15 is 0 Å². The largest absolute Gasteiger partial charge is 0.481 e. The molecule has 1 aromatic heterocycles. The second-order valence-electron chi connectivity index (χ2n) is 5.61. The van der Waals surface area contributed by atoms with Gasteiger partial charge in [-0.2, -0.15) is 5.10 Å². The summed E-state index contributed by atoms with van der Waals surface area (Å²) in [7, 11) is 0. The maximum absolute atomic E-state index is 11.7. The Morgan fingerprint density at radius 2 is 1.87 bits per heavy atom. The first-order valence-corrected chi connectivity index (χ1v) is 7.51. The number of aryl methyl sites for hydroxylation is 2. The number of nitrogens with zero attached hydrogens (tertiary/aromatic N) is 2. The number of carboxylic acid groups (broad SMARTS) is 1. The number of aliphatic carboxylic acids is 1. The lowest BCUT2D eigenvalue weighted by molar-refractivity contribution is -0.138. The Morgan fingerprint density at radius 1 is 1.22 bits per heavy atom. The lowest BCUT2D eigenvalue weighted by Gasteiger charge is -2.15. The van der Waals surface area contributed by atoms with Gasteiger partial charge in [-0.25, -0.2) is 4.68 Å². The van der Waals surface area contributed by atoms with E-state index < -0.39 is 5.97 Å². The van der Waals surface area contributed by atoms with Crippen LogP contribution in [0.4, 0.5) is 0 Å². The van der Waals surface area contributed by atoms with Crippen molar-refractivity contribution in [2.24, 2.45) is 0 Å². The van der Waals surface area contributed by atoms with Crippen LogP contribution in [0, 0.1) is 13.8 Å². The molecule has 122 valence electrons. The van der Waals surface area contributed by atoms with Crippen LogP contribution < -0.4 is 5.32 Å². The average Bonchev–Trinajstić information content (AvgIpc) is 2.84. The molecule has 23 heavy (non-hydrogen) atoms. The molecule has 1 heterocycles. The molecule has 0 bridgehead atoms. The molecule has 0 aliphatic rings. The lowest BCUT2D eigenvalue weighted by atomic mass is 10.1. The third-order valence-electron chi connectivity index (χ3n) is 3.59. The van der Waals surface area contributed by atoms with Gasteiger partial charge < -0.3 is 10.4 Å². The number of amides is 1. The Kier molecular flexibility index (Phi) is 5.16. The fourth-order valence-corrected chi connectivity index (χ4v) is 2.41. The van der Waals surface area contributed by atoms with E-state index in [1.165, 1.54) is 0 Å². The number of carbonyl (C=O) groups excluding carboxylic acids is 1. The van der Waals surface area contributed by atoms with E-state index in [2.05, 4.69) is 10.4 Å². The van der Waals surface area contributed by atoms with E-state index in [4.69, 9.17) is 5.11 Å². The smallest absolute Gasteiger partial charge is 0.303 e. The third kappa shape index (κ3) is 4.42. The van der Waals surface area contributed by atoms with Crippen molar-refractivity contribution in [3.63, 3.8) is 0 Å². The second kappa shape index (κ2) is 7.09. The molecule has 6 nitrogen and oxygen atoms in total. The van der Waals surface area contributed by atoms with Gasteiger partial charge in [0.25, 0.3) is 0 Å². The van der Waals surface area contributed by atoms with Crippen LogP contribution in [0.1, 0.15) is 42.8 Å². The minimum atomic E-state index is -0.970. The predicted octanol–water partition coefficient (Wildman–Crippen LogP) is 2.53. The van der Waals surface area contributed by atoms with Crippen molar-refractivity contribution < 1.29 is 14.7 Å².